The van der Waals surface area contributed by atoms with Crippen molar-refractivity contribution in [1.29, 1.82) is 0 Å². The topological polar surface area (TPSA) is 52.3 Å². The molecule has 52 valence electrons. The van der Waals surface area contributed by atoms with Gasteiger partial charge in [-0.2, -0.15) is 0 Å². The Balaban J connectivity index is 3.06. The van der Waals surface area contributed by atoms with Crippen LogP contribution in [0.25, 0.3) is 0 Å². The maximum Gasteiger partial charge on any atom is 0.171 e. The first-order chi connectivity index (χ1) is 4.31. The van der Waals surface area contributed by atoms with Gasteiger partial charge in [0, 0.05) is 0 Å². The summed E-state index contributed by atoms with van der Waals surface area (Å²) in [6, 6.07) is 0. The van der Waals surface area contributed by atoms with Crippen LogP contribution in [0.3, 0.4) is 0 Å². The number of Topliss-reactive ketones (excluding diaryl/α,β-unsaturated/α-hetero) is 1. The second-order valence-electron chi connectivity index (χ2n) is 1.55. The van der Waals surface area contributed by atoms with Crippen molar-refractivity contribution >= 4 is 5.78 Å². The number of hydrogen-bond acceptors (Lipinski definition) is 3. The van der Waals surface area contributed by atoms with Crippen molar-refractivity contribution < 1.29 is 9.53 Å². The molecule has 0 rings (SSSR count). The van der Waals surface area contributed by atoms with Gasteiger partial charge in [0.25, 0.3) is 0 Å². The van der Waals surface area contributed by atoms with Crippen molar-refractivity contribution in [2.45, 2.75) is 0 Å². The highest BCUT2D eigenvalue weighted by molar-refractivity contribution is 5.81. The molecular weight excluding hydrogens is 118 g/mol. The van der Waals surface area contributed by atoms with Crippen LogP contribution in [0.4, 0.5) is 0 Å². The largest absolute Gasteiger partial charge is 0.370 e. The lowest BCUT2D eigenvalue weighted by molar-refractivity contribution is -0.121. The van der Waals surface area contributed by atoms with Crippen molar-refractivity contribution in [1.82, 2.24) is 0 Å². The second-order valence-corrected chi connectivity index (χ2v) is 1.55. The number of ketones is 1. The van der Waals surface area contributed by atoms with Crippen molar-refractivity contribution in [3.63, 3.8) is 0 Å². The van der Waals surface area contributed by atoms with E-state index < -0.39 is 0 Å². The average molecular weight is 129 g/mol. The molecule has 0 aliphatic heterocycles. The zero-order chi connectivity index (χ0) is 7.11. The summed E-state index contributed by atoms with van der Waals surface area (Å²) in [5, 5.41) is 0. The fourth-order valence-electron chi connectivity index (χ4n) is 0.315. The van der Waals surface area contributed by atoms with Gasteiger partial charge in [-0.05, 0) is 0 Å². The van der Waals surface area contributed by atoms with Crippen LogP contribution in [0.5, 0.6) is 0 Å². The van der Waals surface area contributed by atoms with Crippen LogP contribution < -0.4 is 5.73 Å². The Labute approximate surface area is 54.5 Å². The predicted octanol–water partition coefficient (Wildman–Crippen LogP) is -0.283. The standard InChI is InChI=1S/C6H11NO2/c1-2-3-9-5-6(8)4-7/h2H,1,3-5,7H2. The normalized spacial score (nSPS) is 9.00. The molecule has 0 bridgehead atoms. The molecule has 0 aromatic rings. The lowest BCUT2D eigenvalue weighted by Gasteiger charge is -1.95. The van der Waals surface area contributed by atoms with Gasteiger partial charge in [0.2, 0.25) is 0 Å². The first-order valence-electron chi connectivity index (χ1n) is 2.71. The fourth-order valence-corrected chi connectivity index (χ4v) is 0.315. The third-order valence-electron chi connectivity index (χ3n) is 0.726. The summed E-state index contributed by atoms with van der Waals surface area (Å²) in [5.41, 5.74) is 5.00. The molecule has 0 aromatic heterocycles. The van der Waals surface area contributed by atoms with Crippen LogP contribution in [0.2, 0.25) is 0 Å². The smallest absolute Gasteiger partial charge is 0.171 e. The van der Waals surface area contributed by atoms with Gasteiger partial charge in [-0.25, -0.2) is 0 Å². The molecule has 2 N–H and O–H groups in total. The molecule has 9 heavy (non-hydrogen) atoms. The summed E-state index contributed by atoms with van der Waals surface area (Å²) < 4.78 is 4.79. The molecule has 0 spiro atoms. The monoisotopic (exact) mass is 129 g/mol. The van der Waals surface area contributed by atoms with Crippen molar-refractivity contribution in [3.8, 4) is 0 Å². The lowest BCUT2D eigenvalue weighted by Crippen LogP contribution is -2.18. The third-order valence-corrected chi connectivity index (χ3v) is 0.726. The number of carbonyl (C=O) groups excluding carboxylic acids is 1. The van der Waals surface area contributed by atoms with E-state index >= 15 is 0 Å². The van der Waals surface area contributed by atoms with Crippen LogP contribution in [0.1, 0.15) is 0 Å². The highest BCUT2D eigenvalue weighted by Gasteiger charge is 1.94. The van der Waals surface area contributed by atoms with E-state index in [2.05, 4.69) is 6.58 Å². The van der Waals surface area contributed by atoms with Gasteiger partial charge in [0.15, 0.2) is 5.78 Å². The van der Waals surface area contributed by atoms with E-state index in [-0.39, 0.29) is 18.9 Å². The molecule has 0 aliphatic rings. The molecule has 0 radical (unpaired) electrons. The Bertz CT molecular complexity index is 101. The zero-order valence-corrected chi connectivity index (χ0v) is 5.30. The van der Waals surface area contributed by atoms with Crippen LogP contribution in [0, 0.1) is 0 Å². The molecule has 0 saturated heterocycles. The molecule has 0 unspecified atom stereocenters. The predicted molar refractivity (Wildman–Crippen MR) is 35.1 cm³/mol. The minimum atomic E-state index is -0.0862. The zero-order valence-electron chi connectivity index (χ0n) is 5.30. The van der Waals surface area contributed by atoms with Crippen molar-refractivity contribution in [2.24, 2.45) is 5.73 Å². The van der Waals surface area contributed by atoms with Gasteiger partial charge in [-0.3, -0.25) is 4.79 Å². The quantitative estimate of drug-likeness (QED) is 0.410. The van der Waals surface area contributed by atoms with E-state index in [0.29, 0.717) is 6.61 Å². The molecule has 3 heteroatoms. The molecule has 0 amide bonds. The lowest BCUT2D eigenvalue weighted by atomic mass is 10.4. The first-order valence-corrected chi connectivity index (χ1v) is 2.71. The van der Waals surface area contributed by atoms with Crippen LogP contribution in [-0.4, -0.2) is 25.5 Å². The summed E-state index contributed by atoms with van der Waals surface area (Å²) in [6.45, 7) is 3.98. The van der Waals surface area contributed by atoms with Crippen LogP contribution >= 0.6 is 0 Å². The minimum Gasteiger partial charge on any atom is -0.370 e. The molecule has 3 nitrogen and oxygen atoms in total. The van der Waals surface area contributed by atoms with Gasteiger partial charge < -0.3 is 10.5 Å². The Hall–Kier alpha value is -0.670. The van der Waals surface area contributed by atoms with Gasteiger partial charge in [0.05, 0.1) is 13.2 Å². The molecule has 0 aromatic carbocycles. The molecule has 0 fully saturated rings. The van der Waals surface area contributed by atoms with E-state index in [1.54, 1.807) is 6.08 Å². The van der Waals surface area contributed by atoms with Gasteiger partial charge in [-0.1, -0.05) is 6.08 Å². The summed E-state index contributed by atoms with van der Waals surface area (Å²) in [7, 11) is 0. The molecule has 0 saturated carbocycles. The van der Waals surface area contributed by atoms with Crippen LogP contribution in [0.15, 0.2) is 12.7 Å². The number of nitrogens with two attached hydrogens (primary N) is 1. The third kappa shape index (κ3) is 5.20. The Morgan fingerprint density at radius 3 is 2.89 bits per heavy atom. The summed E-state index contributed by atoms with van der Waals surface area (Å²) in [4.78, 5) is 10.4. The number of ether oxygens (including phenoxy) is 1. The fraction of sp³-hybridized carbons (Fsp3) is 0.500. The van der Waals surface area contributed by atoms with Gasteiger partial charge in [-0.15, -0.1) is 6.58 Å². The van der Waals surface area contributed by atoms with E-state index in [0.717, 1.165) is 0 Å². The first kappa shape index (κ1) is 8.33. The van der Waals surface area contributed by atoms with Gasteiger partial charge in [0.1, 0.15) is 6.61 Å². The maximum atomic E-state index is 10.4. The number of rotatable bonds is 5. The molecule has 0 aliphatic carbocycles. The van der Waals surface area contributed by atoms with Crippen molar-refractivity contribution in [3.05, 3.63) is 12.7 Å². The maximum absolute atomic E-state index is 10.4. The van der Waals surface area contributed by atoms with E-state index in [9.17, 15) is 4.79 Å². The summed E-state index contributed by atoms with van der Waals surface area (Å²) in [5.74, 6) is -0.0862. The molecular formula is C6H11NO2. The van der Waals surface area contributed by atoms with Crippen molar-refractivity contribution in [2.75, 3.05) is 19.8 Å². The van der Waals surface area contributed by atoms with Gasteiger partial charge >= 0.3 is 0 Å². The average Bonchev–Trinajstić information content (AvgIpc) is 1.89. The molecule has 0 heterocycles. The molecule has 0 atom stereocenters. The number of carbonyl (C=O) groups is 1. The SMILES string of the molecule is C=CCOCC(=O)CN. The second kappa shape index (κ2) is 5.47. The summed E-state index contributed by atoms with van der Waals surface area (Å²) >= 11 is 0. The van der Waals surface area contributed by atoms with E-state index in [4.69, 9.17) is 10.5 Å². The van der Waals surface area contributed by atoms with E-state index in [1.807, 2.05) is 0 Å². The Morgan fingerprint density at radius 2 is 2.44 bits per heavy atom. The highest BCUT2D eigenvalue weighted by Crippen LogP contribution is 1.75. The van der Waals surface area contributed by atoms with E-state index in [1.165, 1.54) is 0 Å². The van der Waals surface area contributed by atoms with Crippen LogP contribution in [-0.2, 0) is 9.53 Å². The number of hydrogen-bond donors (Lipinski definition) is 1. The Morgan fingerprint density at radius 1 is 1.78 bits per heavy atom. The minimum absolute atomic E-state index is 0.0527. The highest BCUT2D eigenvalue weighted by atomic mass is 16.5. The Kier molecular flexibility index (Phi) is 5.06. The summed E-state index contributed by atoms with van der Waals surface area (Å²) in [6.07, 6.45) is 1.59.